The molecular formula is C28H20N2. The van der Waals surface area contributed by atoms with Crippen molar-refractivity contribution in [3.05, 3.63) is 109 Å². The molecule has 2 heteroatoms. The maximum atomic E-state index is 4.85. The smallest absolute Gasteiger partial charge is 0.111 e. The van der Waals surface area contributed by atoms with E-state index in [0.29, 0.717) is 0 Å². The molecule has 1 heterocycles. The third kappa shape index (κ3) is 2.40. The summed E-state index contributed by atoms with van der Waals surface area (Å²) in [6.07, 6.45) is 0. The Kier molecular flexibility index (Phi) is 3.72. The summed E-state index contributed by atoms with van der Waals surface area (Å²) in [5.74, 6) is 0.999. The van der Waals surface area contributed by atoms with Crippen molar-refractivity contribution in [3.63, 3.8) is 0 Å². The second-order valence-electron chi connectivity index (χ2n) is 7.66. The SMILES string of the molecule is Cc1nc2ccccc2n1-c1c2ccccc2c(-c2ccccc2)c2ccccc12. The Morgan fingerprint density at radius 2 is 1.10 bits per heavy atom. The van der Waals surface area contributed by atoms with Gasteiger partial charge in [-0.2, -0.15) is 0 Å². The molecule has 0 aliphatic heterocycles. The zero-order valence-electron chi connectivity index (χ0n) is 16.7. The standard InChI is InChI=1S/C28H20N2/c1-19-29-25-17-9-10-18-26(25)30(19)28-23-15-7-5-13-21(23)27(20-11-3-2-4-12-20)22-14-6-8-16-24(22)28/h2-18H,1H3. The minimum Gasteiger partial charge on any atom is -0.295 e. The van der Waals surface area contributed by atoms with Crippen LogP contribution in [-0.2, 0) is 0 Å². The van der Waals surface area contributed by atoms with E-state index >= 15 is 0 Å². The van der Waals surface area contributed by atoms with Crippen molar-refractivity contribution < 1.29 is 0 Å². The molecule has 5 aromatic carbocycles. The van der Waals surface area contributed by atoms with Gasteiger partial charge < -0.3 is 0 Å². The van der Waals surface area contributed by atoms with Crippen LogP contribution in [0.25, 0.3) is 49.4 Å². The molecule has 0 fully saturated rings. The normalized spacial score (nSPS) is 11.5. The fourth-order valence-corrected chi connectivity index (χ4v) is 4.69. The monoisotopic (exact) mass is 384 g/mol. The van der Waals surface area contributed by atoms with Crippen LogP contribution in [0.1, 0.15) is 5.82 Å². The minimum atomic E-state index is 0.999. The lowest BCUT2D eigenvalue weighted by atomic mass is 9.90. The molecule has 0 saturated carbocycles. The average Bonchev–Trinajstić information content (AvgIpc) is 3.13. The largest absolute Gasteiger partial charge is 0.295 e. The van der Waals surface area contributed by atoms with Gasteiger partial charge >= 0.3 is 0 Å². The molecule has 142 valence electrons. The van der Waals surface area contributed by atoms with E-state index in [1.807, 2.05) is 6.07 Å². The first-order valence-corrected chi connectivity index (χ1v) is 10.3. The van der Waals surface area contributed by atoms with E-state index in [1.54, 1.807) is 0 Å². The van der Waals surface area contributed by atoms with E-state index in [9.17, 15) is 0 Å². The van der Waals surface area contributed by atoms with Crippen LogP contribution in [0.2, 0.25) is 0 Å². The van der Waals surface area contributed by atoms with Crippen LogP contribution >= 0.6 is 0 Å². The number of hydrogen-bond acceptors (Lipinski definition) is 1. The van der Waals surface area contributed by atoms with Crippen molar-refractivity contribution in [2.75, 3.05) is 0 Å². The zero-order chi connectivity index (χ0) is 20.1. The average molecular weight is 384 g/mol. The lowest BCUT2D eigenvalue weighted by Gasteiger charge is -2.19. The quantitative estimate of drug-likeness (QED) is 0.286. The van der Waals surface area contributed by atoms with Crippen LogP contribution in [0.3, 0.4) is 0 Å². The van der Waals surface area contributed by atoms with Gasteiger partial charge in [0.05, 0.1) is 16.7 Å². The van der Waals surface area contributed by atoms with Gasteiger partial charge in [0.2, 0.25) is 0 Å². The van der Waals surface area contributed by atoms with E-state index in [2.05, 4.69) is 109 Å². The molecule has 30 heavy (non-hydrogen) atoms. The minimum absolute atomic E-state index is 0.999. The van der Waals surface area contributed by atoms with E-state index < -0.39 is 0 Å². The lowest BCUT2D eigenvalue weighted by molar-refractivity contribution is 1.02. The maximum Gasteiger partial charge on any atom is 0.111 e. The molecule has 0 unspecified atom stereocenters. The highest BCUT2D eigenvalue weighted by Crippen LogP contribution is 2.41. The van der Waals surface area contributed by atoms with Gasteiger partial charge in [0.15, 0.2) is 0 Å². The number of hydrogen-bond donors (Lipinski definition) is 0. The molecular weight excluding hydrogens is 364 g/mol. The number of imidazole rings is 1. The van der Waals surface area contributed by atoms with Gasteiger partial charge in [-0.25, -0.2) is 4.98 Å². The third-order valence-corrected chi connectivity index (χ3v) is 5.92. The van der Waals surface area contributed by atoms with Crippen molar-refractivity contribution in [3.8, 4) is 16.8 Å². The highest BCUT2D eigenvalue weighted by Gasteiger charge is 2.18. The van der Waals surface area contributed by atoms with Crippen molar-refractivity contribution in [2.24, 2.45) is 0 Å². The van der Waals surface area contributed by atoms with Gasteiger partial charge in [0.25, 0.3) is 0 Å². The van der Waals surface area contributed by atoms with Crippen LogP contribution in [0.4, 0.5) is 0 Å². The first kappa shape index (κ1) is 17.0. The molecule has 0 aliphatic rings. The van der Waals surface area contributed by atoms with Crippen LogP contribution in [0.15, 0.2) is 103 Å². The number of para-hydroxylation sites is 2. The molecule has 1 aromatic heterocycles. The number of benzene rings is 5. The van der Waals surface area contributed by atoms with Gasteiger partial charge in [-0.15, -0.1) is 0 Å². The fraction of sp³-hybridized carbons (Fsp3) is 0.0357. The first-order valence-electron chi connectivity index (χ1n) is 10.3. The van der Waals surface area contributed by atoms with Crippen molar-refractivity contribution in [1.82, 2.24) is 9.55 Å². The lowest BCUT2D eigenvalue weighted by Crippen LogP contribution is -2.01. The maximum absolute atomic E-state index is 4.85. The second kappa shape index (κ2) is 6.57. The Morgan fingerprint density at radius 1 is 0.567 bits per heavy atom. The number of nitrogens with zero attached hydrogens (tertiary/aromatic N) is 2. The Bertz CT molecular complexity index is 1480. The molecule has 0 N–H and O–H groups in total. The summed E-state index contributed by atoms with van der Waals surface area (Å²) in [5.41, 5.74) is 5.89. The van der Waals surface area contributed by atoms with Gasteiger partial charge in [-0.3, -0.25) is 4.57 Å². The van der Waals surface area contributed by atoms with Gasteiger partial charge in [-0.05, 0) is 41.0 Å². The summed E-state index contributed by atoms with van der Waals surface area (Å²) in [7, 11) is 0. The molecule has 6 aromatic rings. The van der Waals surface area contributed by atoms with E-state index in [0.717, 1.165) is 16.9 Å². The molecule has 0 radical (unpaired) electrons. The Hall–Kier alpha value is -3.91. The number of aromatic nitrogens is 2. The third-order valence-electron chi connectivity index (χ3n) is 5.92. The number of fused-ring (bicyclic) bond motifs is 3. The summed E-state index contributed by atoms with van der Waals surface area (Å²) < 4.78 is 2.31. The van der Waals surface area contributed by atoms with Crippen LogP contribution in [0, 0.1) is 6.92 Å². The van der Waals surface area contributed by atoms with Crippen molar-refractivity contribution >= 4 is 32.6 Å². The summed E-state index contributed by atoms with van der Waals surface area (Å²) in [4.78, 5) is 4.85. The zero-order valence-corrected chi connectivity index (χ0v) is 16.7. The molecule has 0 spiro atoms. The first-order chi connectivity index (χ1) is 14.8. The predicted molar refractivity (Wildman–Crippen MR) is 126 cm³/mol. The number of aryl methyl sites for hydroxylation is 1. The summed E-state index contributed by atoms with van der Waals surface area (Å²) in [6, 6.07) is 36.5. The molecule has 2 nitrogen and oxygen atoms in total. The predicted octanol–water partition coefficient (Wildman–Crippen LogP) is 7.31. The summed E-state index contributed by atoms with van der Waals surface area (Å²) >= 11 is 0. The van der Waals surface area contributed by atoms with Crippen molar-refractivity contribution in [2.45, 2.75) is 6.92 Å². The molecule has 0 saturated heterocycles. The number of rotatable bonds is 2. The highest BCUT2D eigenvalue weighted by molar-refractivity contribution is 6.18. The highest BCUT2D eigenvalue weighted by atomic mass is 15.1. The Balaban J connectivity index is 1.86. The molecule has 0 bridgehead atoms. The Morgan fingerprint density at radius 3 is 1.77 bits per heavy atom. The molecule has 0 aliphatic carbocycles. The van der Waals surface area contributed by atoms with Gasteiger partial charge in [0.1, 0.15) is 5.82 Å². The topological polar surface area (TPSA) is 17.8 Å². The summed E-state index contributed by atoms with van der Waals surface area (Å²) in [5, 5.41) is 4.99. The van der Waals surface area contributed by atoms with Crippen LogP contribution in [-0.4, -0.2) is 9.55 Å². The molecule has 6 rings (SSSR count). The summed E-state index contributed by atoms with van der Waals surface area (Å²) in [6.45, 7) is 2.09. The second-order valence-corrected chi connectivity index (χ2v) is 7.66. The van der Waals surface area contributed by atoms with Gasteiger partial charge in [0, 0.05) is 10.8 Å². The van der Waals surface area contributed by atoms with E-state index in [-0.39, 0.29) is 0 Å². The van der Waals surface area contributed by atoms with E-state index in [1.165, 1.54) is 38.4 Å². The van der Waals surface area contributed by atoms with Gasteiger partial charge in [-0.1, -0.05) is 91.0 Å². The molecule has 0 atom stereocenters. The Labute approximate surface area is 175 Å². The van der Waals surface area contributed by atoms with Crippen LogP contribution in [0.5, 0.6) is 0 Å². The van der Waals surface area contributed by atoms with Crippen LogP contribution < -0.4 is 0 Å². The molecule has 0 amide bonds. The van der Waals surface area contributed by atoms with Crippen molar-refractivity contribution in [1.29, 1.82) is 0 Å². The van der Waals surface area contributed by atoms with E-state index in [4.69, 9.17) is 4.98 Å². The fourth-order valence-electron chi connectivity index (χ4n) is 4.69.